The van der Waals surface area contributed by atoms with Crippen LogP contribution in [0.1, 0.15) is 5.56 Å². The first-order valence-electron chi connectivity index (χ1n) is 10.7. The minimum atomic E-state index is -2.94. The number of fused-ring (bicyclic) bond motifs is 1. The summed E-state index contributed by atoms with van der Waals surface area (Å²) in [6.45, 7) is 1.64. The SMILES string of the molecule is O=S1(=O)CCN(Cc2ccc3nc(-c4cccnc4)nc(Nc4ccc(F)c(Cl)c4)c3c2)CC1. The van der Waals surface area contributed by atoms with Gasteiger partial charge in [-0.3, -0.25) is 9.88 Å². The van der Waals surface area contributed by atoms with Gasteiger partial charge in [-0.2, -0.15) is 0 Å². The molecule has 1 saturated heterocycles. The van der Waals surface area contributed by atoms with E-state index in [1.807, 2.05) is 30.3 Å². The maximum absolute atomic E-state index is 13.7. The molecule has 5 rings (SSSR count). The van der Waals surface area contributed by atoms with Gasteiger partial charge in [0.1, 0.15) is 11.6 Å². The number of aromatic nitrogens is 3. The van der Waals surface area contributed by atoms with Crippen LogP contribution in [0.5, 0.6) is 0 Å². The van der Waals surface area contributed by atoms with Crippen molar-refractivity contribution in [2.75, 3.05) is 29.9 Å². The van der Waals surface area contributed by atoms with Crippen LogP contribution >= 0.6 is 11.6 Å². The predicted octanol–water partition coefficient (Wildman–Crippen LogP) is 4.46. The number of halogens is 2. The van der Waals surface area contributed by atoms with Gasteiger partial charge in [0.05, 0.1) is 22.0 Å². The number of nitrogens with one attached hydrogen (secondary N) is 1. The largest absolute Gasteiger partial charge is 0.340 e. The molecule has 0 atom stereocenters. The Morgan fingerprint density at radius 3 is 2.62 bits per heavy atom. The third-order valence-corrected chi connectivity index (χ3v) is 7.60. The lowest BCUT2D eigenvalue weighted by molar-refractivity contribution is 0.288. The summed E-state index contributed by atoms with van der Waals surface area (Å²) in [5.41, 5.74) is 3.11. The van der Waals surface area contributed by atoms with Crippen molar-refractivity contribution in [3.63, 3.8) is 0 Å². The number of pyridine rings is 1. The highest BCUT2D eigenvalue weighted by molar-refractivity contribution is 7.91. The molecule has 2 aromatic carbocycles. The number of anilines is 2. The van der Waals surface area contributed by atoms with E-state index >= 15 is 0 Å². The van der Waals surface area contributed by atoms with E-state index < -0.39 is 15.7 Å². The van der Waals surface area contributed by atoms with Crippen molar-refractivity contribution in [3.8, 4) is 11.4 Å². The zero-order valence-electron chi connectivity index (χ0n) is 18.1. The van der Waals surface area contributed by atoms with Crippen LogP contribution in [0.4, 0.5) is 15.9 Å². The van der Waals surface area contributed by atoms with Crippen molar-refractivity contribution in [3.05, 3.63) is 77.3 Å². The smallest absolute Gasteiger partial charge is 0.163 e. The van der Waals surface area contributed by atoms with Gasteiger partial charge in [0.15, 0.2) is 15.7 Å². The Labute approximate surface area is 201 Å². The lowest BCUT2D eigenvalue weighted by atomic mass is 10.1. The van der Waals surface area contributed by atoms with Crippen LogP contribution in [-0.2, 0) is 16.4 Å². The Balaban J connectivity index is 1.53. The summed E-state index contributed by atoms with van der Waals surface area (Å²) in [4.78, 5) is 15.7. The third kappa shape index (κ3) is 5.01. The van der Waals surface area contributed by atoms with Gasteiger partial charge in [-0.15, -0.1) is 0 Å². The first-order valence-corrected chi connectivity index (χ1v) is 12.9. The molecule has 4 aromatic rings. The predicted molar refractivity (Wildman–Crippen MR) is 131 cm³/mol. The average Bonchev–Trinajstić information content (AvgIpc) is 2.83. The number of rotatable bonds is 5. The lowest BCUT2D eigenvalue weighted by Crippen LogP contribution is -2.39. The summed E-state index contributed by atoms with van der Waals surface area (Å²) < 4.78 is 37.2. The zero-order chi connectivity index (χ0) is 23.7. The molecule has 0 amide bonds. The van der Waals surface area contributed by atoms with Crippen molar-refractivity contribution in [1.82, 2.24) is 19.9 Å². The van der Waals surface area contributed by atoms with E-state index in [1.165, 1.54) is 12.1 Å². The molecule has 3 heterocycles. The highest BCUT2D eigenvalue weighted by Crippen LogP contribution is 2.30. The lowest BCUT2D eigenvalue weighted by Gasteiger charge is -2.26. The fraction of sp³-hybridized carbons (Fsp3) is 0.208. The second kappa shape index (κ2) is 9.25. The van der Waals surface area contributed by atoms with Gasteiger partial charge < -0.3 is 5.32 Å². The number of nitrogens with zero attached hydrogens (tertiary/aromatic N) is 4. The Hall–Kier alpha value is -3.14. The quantitative estimate of drug-likeness (QED) is 0.435. The number of sulfone groups is 1. The Morgan fingerprint density at radius 1 is 1.06 bits per heavy atom. The van der Waals surface area contributed by atoms with Crippen LogP contribution < -0.4 is 5.32 Å². The summed E-state index contributed by atoms with van der Waals surface area (Å²) >= 11 is 5.97. The van der Waals surface area contributed by atoms with E-state index in [9.17, 15) is 12.8 Å². The maximum Gasteiger partial charge on any atom is 0.163 e. The molecule has 1 fully saturated rings. The molecule has 174 valence electrons. The van der Waals surface area contributed by atoms with Gasteiger partial charge in [0, 0.05) is 48.7 Å². The van der Waals surface area contributed by atoms with Crippen molar-refractivity contribution < 1.29 is 12.8 Å². The topological polar surface area (TPSA) is 88.1 Å². The molecular formula is C24H21ClFN5O2S. The molecular weight excluding hydrogens is 477 g/mol. The van der Waals surface area contributed by atoms with Crippen LogP contribution in [0, 0.1) is 5.82 Å². The molecule has 0 bridgehead atoms. The second-order valence-electron chi connectivity index (χ2n) is 8.17. The zero-order valence-corrected chi connectivity index (χ0v) is 19.7. The summed E-state index contributed by atoms with van der Waals surface area (Å²) in [5, 5.41) is 4.05. The maximum atomic E-state index is 13.7. The molecule has 1 N–H and O–H groups in total. The summed E-state index contributed by atoms with van der Waals surface area (Å²) in [7, 11) is -2.94. The van der Waals surface area contributed by atoms with Crippen molar-refractivity contribution in [1.29, 1.82) is 0 Å². The monoisotopic (exact) mass is 497 g/mol. The minimum absolute atomic E-state index is 0.0107. The van der Waals surface area contributed by atoms with Crippen molar-refractivity contribution in [2.45, 2.75) is 6.54 Å². The Kier molecular flexibility index (Phi) is 6.16. The van der Waals surface area contributed by atoms with Crippen LogP contribution in [0.2, 0.25) is 5.02 Å². The van der Waals surface area contributed by atoms with E-state index in [0.29, 0.717) is 37.0 Å². The molecule has 0 spiro atoms. The molecule has 1 aliphatic heterocycles. The van der Waals surface area contributed by atoms with Gasteiger partial charge >= 0.3 is 0 Å². The molecule has 0 saturated carbocycles. The summed E-state index contributed by atoms with van der Waals surface area (Å²) in [6.07, 6.45) is 3.38. The molecule has 0 aliphatic carbocycles. The van der Waals surface area contributed by atoms with Crippen molar-refractivity contribution >= 4 is 43.8 Å². The van der Waals surface area contributed by atoms with Gasteiger partial charge in [0.25, 0.3) is 0 Å². The summed E-state index contributed by atoms with van der Waals surface area (Å²) in [5.74, 6) is 0.911. The van der Waals surface area contributed by atoms with Gasteiger partial charge in [-0.05, 0) is 48.0 Å². The molecule has 34 heavy (non-hydrogen) atoms. The summed E-state index contributed by atoms with van der Waals surface area (Å²) in [6, 6.07) is 14.0. The normalized spacial score (nSPS) is 15.9. The highest BCUT2D eigenvalue weighted by atomic mass is 35.5. The van der Waals surface area contributed by atoms with Crippen LogP contribution in [-0.4, -0.2) is 52.9 Å². The van der Waals surface area contributed by atoms with E-state index in [-0.39, 0.29) is 16.5 Å². The Bertz CT molecular complexity index is 1450. The van der Waals surface area contributed by atoms with E-state index in [0.717, 1.165) is 22.0 Å². The molecule has 0 unspecified atom stereocenters. The number of benzene rings is 2. The Morgan fingerprint density at radius 2 is 1.88 bits per heavy atom. The fourth-order valence-corrected chi connectivity index (χ4v) is 5.33. The van der Waals surface area contributed by atoms with Crippen molar-refractivity contribution in [2.24, 2.45) is 0 Å². The van der Waals surface area contributed by atoms with Gasteiger partial charge in [-0.25, -0.2) is 22.8 Å². The third-order valence-electron chi connectivity index (χ3n) is 5.71. The van der Waals surface area contributed by atoms with E-state index in [1.54, 1.807) is 18.5 Å². The first-order chi connectivity index (χ1) is 16.4. The van der Waals surface area contributed by atoms with Gasteiger partial charge in [-0.1, -0.05) is 17.7 Å². The van der Waals surface area contributed by atoms with E-state index in [4.69, 9.17) is 21.6 Å². The fourth-order valence-electron chi connectivity index (χ4n) is 3.87. The number of hydrogen-bond acceptors (Lipinski definition) is 7. The van der Waals surface area contributed by atoms with E-state index in [2.05, 4.69) is 15.2 Å². The highest BCUT2D eigenvalue weighted by Gasteiger charge is 2.22. The minimum Gasteiger partial charge on any atom is -0.340 e. The van der Waals surface area contributed by atoms with Gasteiger partial charge in [0.2, 0.25) is 0 Å². The molecule has 10 heteroatoms. The standard InChI is InChI=1S/C24H21ClFN5O2S/c25-20-13-18(4-5-21(20)26)28-24-19-12-16(15-31-8-10-34(32,33)11-9-31)3-6-22(19)29-23(30-24)17-2-1-7-27-14-17/h1-7,12-14H,8-11,15H2,(H,28,29,30). The van der Waals surface area contributed by atoms with Crippen LogP contribution in [0.15, 0.2) is 60.9 Å². The molecule has 1 aliphatic rings. The number of hydrogen-bond donors (Lipinski definition) is 1. The first kappa shape index (κ1) is 22.6. The average molecular weight is 498 g/mol. The van der Waals surface area contributed by atoms with Crippen LogP contribution in [0.25, 0.3) is 22.3 Å². The molecule has 2 aromatic heterocycles. The van der Waals surface area contributed by atoms with Crippen LogP contribution in [0.3, 0.4) is 0 Å². The second-order valence-corrected chi connectivity index (χ2v) is 10.9. The molecule has 7 nitrogen and oxygen atoms in total. The molecule has 0 radical (unpaired) electrons.